The molecule has 192 valence electrons. The molecule has 1 aromatic carbocycles. The maximum absolute atomic E-state index is 13.8. The summed E-state index contributed by atoms with van der Waals surface area (Å²) in [6.45, 7) is 5.77. The van der Waals surface area contributed by atoms with Gasteiger partial charge in [0.15, 0.2) is 11.6 Å². The number of aromatic nitrogens is 2. The summed E-state index contributed by atoms with van der Waals surface area (Å²) in [6.07, 6.45) is 6.91. The molecule has 2 bridgehead atoms. The number of anilines is 1. The van der Waals surface area contributed by atoms with Crippen LogP contribution >= 0.6 is 0 Å². The minimum atomic E-state index is -0.426. The van der Waals surface area contributed by atoms with Gasteiger partial charge in [-0.2, -0.15) is 5.10 Å². The summed E-state index contributed by atoms with van der Waals surface area (Å²) in [4.78, 5) is 41.0. The van der Waals surface area contributed by atoms with Gasteiger partial charge in [-0.15, -0.1) is 0 Å². The van der Waals surface area contributed by atoms with Crippen LogP contribution in [-0.2, 0) is 27.4 Å². The predicted octanol–water partition coefficient (Wildman–Crippen LogP) is 2.69. The zero-order valence-electron chi connectivity index (χ0n) is 21.3. The second kappa shape index (κ2) is 9.78. The van der Waals surface area contributed by atoms with E-state index in [0.29, 0.717) is 38.3 Å². The van der Waals surface area contributed by atoms with Crippen molar-refractivity contribution in [1.29, 1.82) is 0 Å². The number of benzene rings is 1. The first kappa shape index (κ1) is 24.6. The number of nitrogens with zero attached hydrogens (tertiary/aromatic N) is 3. The molecule has 2 aliphatic heterocycles. The molecule has 0 spiro atoms. The molecule has 36 heavy (non-hydrogen) atoms. The maximum Gasteiger partial charge on any atom is 0.245 e. The van der Waals surface area contributed by atoms with Crippen molar-refractivity contribution in [2.24, 2.45) is 5.41 Å². The Labute approximate surface area is 211 Å². The Hall–Kier alpha value is -3.04. The van der Waals surface area contributed by atoms with Crippen molar-refractivity contribution in [3.05, 3.63) is 35.5 Å². The van der Waals surface area contributed by atoms with Gasteiger partial charge in [-0.25, -0.2) is 0 Å². The summed E-state index contributed by atoms with van der Waals surface area (Å²) >= 11 is 0. The molecule has 2 N–H and O–H groups in total. The molecule has 3 heterocycles. The highest BCUT2D eigenvalue weighted by molar-refractivity contribution is 6.06. The van der Waals surface area contributed by atoms with Crippen LogP contribution in [0.5, 0.6) is 0 Å². The van der Waals surface area contributed by atoms with Gasteiger partial charge in [0.05, 0.1) is 24.8 Å². The molecular weight excluding hydrogens is 458 g/mol. The monoisotopic (exact) mass is 493 g/mol. The number of nitrogens with one attached hydrogen (secondary N) is 2. The largest absolute Gasteiger partial charge is 0.388 e. The van der Waals surface area contributed by atoms with Crippen molar-refractivity contribution in [1.82, 2.24) is 20.0 Å². The molecule has 1 aromatic heterocycles. The van der Waals surface area contributed by atoms with Crippen LogP contribution < -0.4 is 10.6 Å². The van der Waals surface area contributed by atoms with Gasteiger partial charge in [-0.1, -0.05) is 19.1 Å². The van der Waals surface area contributed by atoms with Crippen LogP contribution in [0.3, 0.4) is 0 Å². The average Bonchev–Trinajstić information content (AvgIpc) is 3.27. The number of hydrogen-bond donors (Lipinski definition) is 2. The van der Waals surface area contributed by atoms with Gasteiger partial charge in [-0.05, 0) is 43.5 Å². The van der Waals surface area contributed by atoms with Crippen LogP contribution in [0, 0.1) is 5.41 Å². The van der Waals surface area contributed by atoms with Crippen molar-refractivity contribution in [2.45, 2.75) is 64.7 Å². The third-order valence-electron chi connectivity index (χ3n) is 7.83. The standard InChI is InChI=1S/C27H35N5O4/c1-4-22(34)21-12-27-13-23(27)32(21)24(35)15-31-26-18(14-29-8-6-5-7-9-36-16-27)10-19(28-3)11-20(26)25(30-31)17(2)33/h5,7,10-11,21,23,28-29H,4,6,8-9,12-16H2,1-3H3/b7-5-/t21-,23+,27-/m0/s1. The van der Waals surface area contributed by atoms with Crippen molar-refractivity contribution < 1.29 is 19.1 Å². The number of carbonyl (C=O) groups excluding carboxylic acids is 3. The fourth-order valence-corrected chi connectivity index (χ4v) is 5.90. The van der Waals surface area contributed by atoms with Crippen LogP contribution in [0.2, 0.25) is 0 Å². The lowest BCUT2D eigenvalue weighted by Crippen LogP contribution is -2.44. The minimum Gasteiger partial charge on any atom is -0.388 e. The van der Waals surface area contributed by atoms with Gasteiger partial charge < -0.3 is 20.3 Å². The quantitative estimate of drug-likeness (QED) is 0.498. The summed E-state index contributed by atoms with van der Waals surface area (Å²) in [5, 5.41) is 12.0. The van der Waals surface area contributed by atoms with Gasteiger partial charge in [-0.3, -0.25) is 19.1 Å². The van der Waals surface area contributed by atoms with E-state index in [4.69, 9.17) is 4.74 Å². The molecule has 0 radical (unpaired) electrons. The van der Waals surface area contributed by atoms with E-state index in [0.717, 1.165) is 41.5 Å². The van der Waals surface area contributed by atoms with E-state index in [1.54, 1.807) is 9.58 Å². The van der Waals surface area contributed by atoms with E-state index in [2.05, 4.69) is 21.8 Å². The highest BCUT2D eigenvalue weighted by atomic mass is 16.5. The SMILES string of the molecule is CCC(=O)[C@@H]1C[C@]23COC/C=C\CCNCc4cc(NC)cc5c(C(C)=O)nn(c45)CC(=O)N1[C@@H]2C3. The first-order valence-electron chi connectivity index (χ1n) is 12.9. The zero-order valence-corrected chi connectivity index (χ0v) is 21.3. The Bertz CT molecular complexity index is 1230. The fraction of sp³-hybridized carbons (Fsp3) is 0.556. The molecule has 0 unspecified atom stereocenters. The van der Waals surface area contributed by atoms with Crippen LogP contribution in [0.4, 0.5) is 5.69 Å². The molecular formula is C27H35N5O4. The van der Waals surface area contributed by atoms with Gasteiger partial charge in [0.25, 0.3) is 0 Å². The van der Waals surface area contributed by atoms with Crippen LogP contribution in [0.1, 0.15) is 55.6 Å². The van der Waals surface area contributed by atoms with Gasteiger partial charge >= 0.3 is 0 Å². The first-order chi connectivity index (χ1) is 17.4. The summed E-state index contributed by atoms with van der Waals surface area (Å²) in [5.74, 6) is -0.196. The smallest absolute Gasteiger partial charge is 0.245 e. The Morgan fingerprint density at radius 3 is 2.86 bits per heavy atom. The van der Waals surface area contributed by atoms with Crippen LogP contribution in [0.15, 0.2) is 24.3 Å². The molecule has 9 heteroatoms. The molecule has 9 nitrogen and oxygen atoms in total. The second-order valence-corrected chi connectivity index (χ2v) is 10.2. The van der Waals surface area contributed by atoms with E-state index in [1.165, 1.54) is 6.92 Å². The van der Waals surface area contributed by atoms with Gasteiger partial charge in [0.1, 0.15) is 12.2 Å². The first-order valence-corrected chi connectivity index (χ1v) is 12.9. The Morgan fingerprint density at radius 1 is 1.28 bits per heavy atom. The summed E-state index contributed by atoms with van der Waals surface area (Å²) < 4.78 is 7.63. The van der Waals surface area contributed by atoms with Crippen LogP contribution in [0.25, 0.3) is 10.9 Å². The zero-order chi connectivity index (χ0) is 25.4. The van der Waals surface area contributed by atoms with Gasteiger partial charge in [0.2, 0.25) is 5.91 Å². The Balaban J connectivity index is 1.58. The molecule has 3 atom stereocenters. The number of carbonyl (C=O) groups is 3. The summed E-state index contributed by atoms with van der Waals surface area (Å²) in [6, 6.07) is 3.53. The van der Waals surface area contributed by atoms with E-state index < -0.39 is 6.04 Å². The highest BCUT2D eigenvalue weighted by Crippen LogP contribution is 2.60. The van der Waals surface area contributed by atoms with Crippen molar-refractivity contribution >= 4 is 34.1 Å². The maximum atomic E-state index is 13.8. The lowest BCUT2D eigenvalue weighted by Gasteiger charge is -2.26. The van der Waals surface area contributed by atoms with E-state index in [-0.39, 0.29) is 35.5 Å². The Kier molecular flexibility index (Phi) is 6.70. The fourth-order valence-electron chi connectivity index (χ4n) is 5.90. The molecule has 2 fully saturated rings. The number of rotatable bonds is 4. The molecule has 5 rings (SSSR count). The van der Waals surface area contributed by atoms with Crippen molar-refractivity contribution in [3.8, 4) is 0 Å². The molecule has 1 aliphatic carbocycles. The van der Waals surface area contributed by atoms with Crippen molar-refractivity contribution in [2.75, 3.05) is 32.1 Å². The molecule has 1 saturated heterocycles. The van der Waals surface area contributed by atoms with E-state index in [9.17, 15) is 14.4 Å². The molecule has 2 aromatic rings. The third kappa shape index (κ3) is 4.35. The molecule has 1 amide bonds. The van der Waals surface area contributed by atoms with Crippen LogP contribution in [-0.4, -0.2) is 71.0 Å². The number of amides is 1. The number of ether oxygens (including phenoxy) is 1. The summed E-state index contributed by atoms with van der Waals surface area (Å²) in [7, 11) is 1.84. The number of piperidine rings is 1. The molecule has 3 aliphatic rings. The minimum absolute atomic E-state index is 0.0105. The average molecular weight is 494 g/mol. The summed E-state index contributed by atoms with van der Waals surface area (Å²) in [5.41, 5.74) is 2.84. The van der Waals surface area contributed by atoms with E-state index in [1.807, 2.05) is 32.2 Å². The molecule has 1 saturated carbocycles. The predicted molar refractivity (Wildman–Crippen MR) is 137 cm³/mol. The second-order valence-electron chi connectivity index (χ2n) is 10.2. The van der Waals surface area contributed by atoms with E-state index >= 15 is 0 Å². The topological polar surface area (TPSA) is 106 Å². The normalized spacial score (nSPS) is 27.4. The number of hydrogen-bond acceptors (Lipinski definition) is 7. The highest BCUT2D eigenvalue weighted by Gasteiger charge is 2.66. The van der Waals surface area contributed by atoms with Crippen molar-refractivity contribution in [3.63, 3.8) is 0 Å². The Morgan fingerprint density at radius 2 is 2.11 bits per heavy atom. The van der Waals surface area contributed by atoms with Gasteiger partial charge in [0, 0.05) is 49.5 Å². The number of Topliss-reactive ketones (excluding diaryl/α,β-unsaturated/α-hetero) is 2. The lowest BCUT2D eigenvalue weighted by molar-refractivity contribution is -0.139. The third-order valence-corrected chi connectivity index (χ3v) is 7.83. The number of ketones is 2. The lowest BCUT2D eigenvalue weighted by atomic mass is 9.97.